The van der Waals surface area contributed by atoms with Crippen LogP contribution in [-0.4, -0.2) is 22.0 Å². The molecule has 0 saturated heterocycles. The van der Waals surface area contributed by atoms with Crippen LogP contribution in [0, 0.1) is 6.92 Å². The maximum Gasteiger partial charge on any atom is 0.305 e. The van der Waals surface area contributed by atoms with Crippen LogP contribution >= 0.6 is 0 Å². The third-order valence-electron chi connectivity index (χ3n) is 4.00. The van der Waals surface area contributed by atoms with Gasteiger partial charge in [0.25, 0.3) is 5.91 Å². The van der Waals surface area contributed by atoms with Crippen LogP contribution < -0.4 is 5.32 Å². The van der Waals surface area contributed by atoms with Gasteiger partial charge in [-0.1, -0.05) is 48.5 Å². The fourth-order valence-corrected chi connectivity index (χ4v) is 2.78. The van der Waals surface area contributed by atoms with Crippen LogP contribution in [0.3, 0.4) is 0 Å². The van der Waals surface area contributed by atoms with E-state index in [1.54, 1.807) is 6.07 Å². The number of carboxylic acids is 1. The normalized spacial score (nSPS) is 12.0. The second kappa shape index (κ2) is 6.58. The SMILES string of the molecule is Cc1cccc2cc(C(=O)NC(CC(=O)O)c3ccccc3)[nH]c12. The molecule has 2 aromatic carbocycles. The Morgan fingerprint density at radius 2 is 1.88 bits per heavy atom. The number of amides is 1. The lowest BCUT2D eigenvalue weighted by atomic mass is 10.0. The second-order valence-electron chi connectivity index (χ2n) is 5.76. The van der Waals surface area contributed by atoms with Crippen LogP contribution in [0.25, 0.3) is 10.9 Å². The zero-order valence-corrected chi connectivity index (χ0v) is 13.2. The molecule has 3 rings (SSSR count). The molecule has 0 radical (unpaired) electrons. The lowest BCUT2D eigenvalue weighted by molar-refractivity contribution is -0.137. The average molecular weight is 322 g/mol. The largest absolute Gasteiger partial charge is 0.481 e. The molecule has 5 nitrogen and oxygen atoms in total. The average Bonchev–Trinajstić information content (AvgIpc) is 3.00. The Morgan fingerprint density at radius 1 is 1.12 bits per heavy atom. The summed E-state index contributed by atoms with van der Waals surface area (Å²) in [5.74, 6) is -1.28. The van der Waals surface area contributed by atoms with Crippen molar-refractivity contribution in [1.82, 2.24) is 10.3 Å². The summed E-state index contributed by atoms with van der Waals surface area (Å²) in [5.41, 5.74) is 3.15. The molecule has 24 heavy (non-hydrogen) atoms. The van der Waals surface area contributed by atoms with Crippen LogP contribution in [0.2, 0.25) is 0 Å². The molecule has 3 N–H and O–H groups in total. The van der Waals surface area contributed by atoms with E-state index in [0.717, 1.165) is 22.0 Å². The quantitative estimate of drug-likeness (QED) is 0.673. The van der Waals surface area contributed by atoms with Gasteiger partial charge in [-0.05, 0) is 24.1 Å². The number of rotatable bonds is 5. The molecule has 0 fully saturated rings. The Balaban J connectivity index is 1.87. The Labute approximate surface area is 139 Å². The van der Waals surface area contributed by atoms with E-state index in [1.807, 2.05) is 55.5 Å². The first-order chi connectivity index (χ1) is 11.5. The number of para-hydroxylation sites is 1. The van der Waals surface area contributed by atoms with E-state index in [1.165, 1.54) is 0 Å². The van der Waals surface area contributed by atoms with Crippen LogP contribution in [-0.2, 0) is 4.79 Å². The number of fused-ring (bicyclic) bond motifs is 1. The van der Waals surface area contributed by atoms with Crippen LogP contribution in [0.15, 0.2) is 54.6 Å². The van der Waals surface area contributed by atoms with Crippen molar-refractivity contribution in [3.63, 3.8) is 0 Å². The Kier molecular flexibility index (Phi) is 4.33. The van der Waals surface area contributed by atoms with Crippen LogP contribution in [0.4, 0.5) is 0 Å². The molecule has 1 aromatic heterocycles. The van der Waals surface area contributed by atoms with Gasteiger partial charge >= 0.3 is 5.97 Å². The molecule has 3 aromatic rings. The molecule has 1 atom stereocenters. The van der Waals surface area contributed by atoms with E-state index in [2.05, 4.69) is 10.3 Å². The van der Waals surface area contributed by atoms with Crippen molar-refractivity contribution >= 4 is 22.8 Å². The minimum atomic E-state index is -0.961. The van der Waals surface area contributed by atoms with Gasteiger partial charge in [0.05, 0.1) is 12.5 Å². The van der Waals surface area contributed by atoms with Crippen molar-refractivity contribution in [3.05, 3.63) is 71.4 Å². The Morgan fingerprint density at radius 3 is 2.54 bits per heavy atom. The fourth-order valence-electron chi connectivity index (χ4n) is 2.78. The number of aromatic nitrogens is 1. The molecule has 5 heteroatoms. The smallest absolute Gasteiger partial charge is 0.305 e. The maximum absolute atomic E-state index is 12.6. The summed E-state index contributed by atoms with van der Waals surface area (Å²) < 4.78 is 0. The monoisotopic (exact) mass is 322 g/mol. The van der Waals surface area contributed by atoms with E-state index in [4.69, 9.17) is 5.11 Å². The summed E-state index contributed by atoms with van der Waals surface area (Å²) in [6.07, 6.45) is -0.172. The third-order valence-corrected chi connectivity index (χ3v) is 4.00. The summed E-state index contributed by atoms with van der Waals surface area (Å²) in [6, 6.07) is 16.1. The van der Waals surface area contributed by atoms with Gasteiger partial charge in [0.2, 0.25) is 0 Å². The predicted molar refractivity (Wildman–Crippen MR) is 91.9 cm³/mol. The van der Waals surface area contributed by atoms with E-state index < -0.39 is 12.0 Å². The number of H-pyrrole nitrogens is 1. The van der Waals surface area contributed by atoms with Crippen molar-refractivity contribution in [3.8, 4) is 0 Å². The molecule has 0 saturated carbocycles. The number of carbonyl (C=O) groups is 2. The highest BCUT2D eigenvalue weighted by Crippen LogP contribution is 2.21. The third kappa shape index (κ3) is 3.30. The minimum Gasteiger partial charge on any atom is -0.481 e. The number of nitrogens with one attached hydrogen (secondary N) is 2. The first-order valence-corrected chi connectivity index (χ1v) is 7.70. The first kappa shape index (κ1) is 15.8. The number of aliphatic carboxylic acids is 1. The lowest BCUT2D eigenvalue weighted by Crippen LogP contribution is -2.30. The molecule has 1 unspecified atom stereocenters. The Hall–Kier alpha value is -3.08. The van der Waals surface area contributed by atoms with Gasteiger partial charge < -0.3 is 15.4 Å². The molecule has 0 spiro atoms. The summed E-state index contributed by atoms with van der Waals surface area (Å²) >= 11 is 0. The number of aromatic amines is 1. The number of carboxylic acid groups (broad SMARTS) is 1. The number of benzene rings is 2. The maximum atomic E-state index is 12.6. The van der Waals surface area contributed by atoms with Crippen molar-refractivity contribution in [1.29, 1.82) is 0 Å². The molecule has 1 amide bonds. The minimum absolute atomic E-state index is 0.172. The molecule has 0 aliphatic rings. The first-order valence-electron chi connectivity index (χ1n) is 7.70. The van der Waals surface area contributed by atoms with Gasteiger partial charge in [-0.25, -0.2) is 0 Å². The van der Waals surface area contributed by atoms with Gasteiger partial charge in [-0.3, -0.25) is 9.59 Å². The zero-order chi connectivity index (χ0) is 17.1. The van der Waals surface area contributed by atoms with Gasteiger partial charge in [-0.15, -0.1) is 0 Å². The number of aryl methyl sites for hydroxylation is 1. The van der Waals surface area contributed by atoms with Gasteiger partial charge in [0.15, 0.2) is 0 Å². The molecule has 122 valence electrons. The van der Waals surface area contributed by atoms with E-state index in [-0.39, 0.29) is 12.3 Å². The molecule has 1 heterocycles. The summed E-state index contributed by atoms with van der Waals surface area (Å²) in [7, 11) is 0. The zero-order valence-electron chi connectivity index (χ0n) is 13.2. The van der Waals surface area contributed by atoms with E-state index in [9.17, 15) is 9.59 Å². The highest BCUT2D eigenvalue weighted by atomic mass is 16.4. The number of hydrogen-bond acceptors (Lipinski definition) is 2. The van der Waals surface area contributed by atoms with Crippen LogP contribution in [0.5, 0.6) is 0 Å². The molecule has 0 aliphatic carbocycles. The molecule has 0 bridgehead atoms. The summed E-state index contributed by atoms with van der Waals surface area (Å²) in [4.78, 5) is 26.8. The number of carbonyl (C=O) groups excluding carboxylic acids is 1. The standard InChI is InChI=1S/C19H18N2O3/c1-12-6-5-9-14-10-16(20-18(12)14)19(24)21-15(11-17(22)23)13-7-3-2-4-8-13/h2-10,15,20H,11H2,1H3,(H,21,24)(H,22,23). The topological polar surface area (TPSA) is 82.2 Å². The van der Waals surface area contributed by atoms with Gasteiger partial charge in [0.1, 0.15) is 5.69 Å². The number of hydrogen-bond donors (Lipinski definition) is 3. The van der Waals surface area contributed by atoms with Gasteiger partial charge in [-0.2, -0.15) is 0 Å². The van der Waals surface area contributed by atoms with Gasteiger partial charge in [0, 0.05) is 10.9 Å². The van der Waals surface area contributed by atoms with Crippen LogP contribution in [0.1, 0.15) is 34.1 Å². The summed E-state index contributed by atoms with van der Waals surface area (Å²) in [5, 5.41) is 12.9. The van der Waals surface area contributed by atoms with Crippen molar-refractivity contribution in [2.45, 2.75) is 19.4 Å². The molecular weight excluding hydrogens is 304 g/mol. The lowest BCUT2D eigenvalue weighted by Gasteiger charge is -2.17. The summed E-state index contributed by atoms with van der Waals surface area (Å²) in [6.45, 7) is 1.97. The van der Waals surface area contributed by atoms with Crippen molar-refractivity contribution in [2.75, 3.05) is 0 Å². The molecular formula is C19H18N2O3. The van der Waals surface area contributed by atoms with E-state index >= 15 is 0 Å². The van der Waals surface area contributed by atoms with Crippen molar-refractivity contribution < 1.29 is 14.7 Å². The Bertz CT molecular complexity index is 884. The fraction of sp³-hybridized carbons (Fsp3) is 0.158. The van der Waals surface area contributed by atoms with Crippen molar-refractivity contribution in [2.24, 2.45) is 0 Å². The molecule has 0 aliphatic heterocycles. The highest BCUT2D eigenvalue weighted by molar-refractivity contribution is 5.99. The second-order valence-corrected chi connectivity index (χ2v) is 5.76. The highest BCUT2D eigenvalue weighted by Gasteiger charge is 2.20. The van der Waals surface area contributed by atoms with E-state index in [0.29, 0.717) is 5.69 Å². The predicted octanol–water partition coefficient (Wildman–Crippen LogP) is 3.42.